The van der Waals surface area contributed by atoms with E-state index >= 15 is 0 Å². The van der Waals surface area contributed by atoms with Gasteiger partial charge in [-0.2, -0.15) is 0 Å². The molecule has 100 valence electrons. The first-order valence-electron chi connectivity index (χ1n) is 5.49. The lowest BCUT2D eigenvalue weighted by Gasteiger charge is -2.23. The number of benzene rings is 1. The number of halogens is 1. The largest absolute Gasteiger partial charge is 0.292 e. The molecular weight excluding hydrogens is 255 g/mol. The van der Waals surface area contributed by atoms with E-state index in [4.69, 9.17) is 0 Å². The summed E-state index contributed by atoms with van der Waals surface area (Å²) in [5.74, 6) is -0.932. The first-order valence-corrected chi connectivity index (χ1v) is 7.38. The van der Waals surface area contributed by atoms with Gasteiger partial charge in [-0.15, -0.1) is 0 Å². The Bertz CT molecular complexity index is 578. The minimum atomic E-state index is -3.54. The Morgan fingerprint density at radius 2 is 1.56 bits per heavy atom. The maximum absolute atomic E-state index is 13.2. The van der Waals surface area contributed by atoms with E-state index in [1.54, 1.807) is 13.8 Å². The van der Waals surface area contributed by atoms with E-state index in [1.165, 1.54) is 26.0 Å². The highest BCUT2D eigenvalue weighted by atomic mass is 32.2. The predicted molar refractivity (Wildman–Crippen MR) is 69.1 cm³/mol. The van der Waals surface area contributed by atoms with Gasteiger partial charge in [0.15, 0.2) is 15.6 Å². The molecule has 0 heterocycles. The quantitative estimate of drug-likeness (QED) is 0.794. The highest BCUT2D eigenvalue weighted by Crippen LogP contribution is 2.26. The molecule has 1 aromatic carbocycles. The van der Waals surface area contributed by atoms with E-state index in [1.807, 2.05) is 0 Å². The maximum atomic E-state index is 13.2. The van der Waals surface area contributed by atoms with Gasteiger partial charge in [0.2, 0.25) is 0 Å². The molecule has 0 aliphatic heterocycles. The van der Waals surface area contributed by atoms with Crippen molar-refractivity contribution in [1.29, 1.82) is 0 Å². The summed E-state index contributed by atoms with van der Waals surface area (Å²) in [4.78, 5) is 12.4. The Hall–Kier alpha value is -1.23. The molecule has 0 unspecified atom stereocenters. The monoisotopic (exact) mass is 272 g/mol. The van der Waals surface area contributed by atoms with E-state index in [-0.39, 0.29) is 5.56 Å². The molecule has 1 aromatic rings. The number of rotatable bonds is 3. The lowest BCUT2D eigenvalue weighted by Crippen LogP contribution is -2.40. The number of hydrogen-bond acceptors (Lipinski definition) is 3. The topological polar surface area (TPSA) is 51.2 Å². The second-order valence-electron chi connectivity index (χ2n) is 5.03. The third kappa shape index (κ3) is 2.46. The maximum Gasteiger partial charge on any atom is 0.183 e. The summed E-state index contributed by atoms with van der Waals surface area (Å²) in [6.45, 7) is 5.93. The van der Waals surface area contributed by atoms with E-state index in [2.05, 4.69) is 0 Å². The van der Waals surface area contributed by atoms with Gasteiger partial charge in [-0.05, 0) is 51.0 Å². The highest BCUT2D eigenvalue weighted by Gasteiger charge is 2.40. The van der Waals surface area contributed by atoms with Crippen LogP contribution in [0.25, 0.3) is 0 Å². The van der Waals surface area contributed by atoms with Crippen LogP contribution in [-0.4, -0.2) is 25.2 Å². The zero-order chi connectivity index (χ0) is 14.3. The van der Waals surface area contributed by atoms with Crippen molar-refractivity contribution in [3.05, 3.63) is 34.6 Å². The summed E-state index contributed by atoms with van der Waals surface area (Å²) in [5.41, 5.74) is 1.19. The summed E-state index contributed by atoms with van der Waals surface area (Å²) in [7, 11) is -3.54. The molecule has 18 heavy (non-hydrogen) atoms. The van der Waals surface area contributed by atoms with E-state index in [0.29, 0.717) is 11.1 Å². The molecule has 3 nitrogen and oxygen atoms in total. The number of Topliss-reactive ketones (excluding diaryl/α,β-unsaturated/α-hetero) is 1. The van der Waals surface area contributed by atoms with Crippen molar-refractivity contribution in [2.24, 2.45) is 0 Å². The Morgan fingerprint density at radius 3 is 1.89 bits per heavy atom. The van der Waals surface area contributed by atoms with Gasteiger partial charge < -0.3 is 0 Å². The van der Waals surface area contributed by atoms with Gasteiger partial charge in [-0.25, -0.2) is 12.8 Å². The molecule has 0 radical (unpaired) electrons. The SMILES string of the molecule is Cc1cc(F)cc(C)c1C(=O)C(C)(C)S(C)(=O)=O. The Morgan fingerprint density at radius 1 is 1.17 bits per heavy atom. The van der Waals surface area contributed by atoms with Gasteiger partial charge in [0, 0.05) is 11.8 Å². The van der Waals surface area contributed by atoms with Gasteiger partial charge >= 0.3 is 0 Å². The van der Waals surface area contributed by atoms with Crippen LogP contribution in [0.2, 0.25) is 0 Å². The average Bonchev–Trinajstić information content (AvgIpc) is 2.13. The fourth-order valence-corrected chi connectivity index (χ4v) is 2.18. The summed E-state index contributed by atoms with van der Waals surface area (Å²) < 4.78 is 35.0. The molecule has 0 saturated heterocycles. The fraction of sp³-hybridized carbons (Fsp3) is 0.462. The van der Waals surface area contributed by atoms with Gasteiger partial charge in [0.05, 0.1) is 0 Å². The van der Waals surface area contributed by atoms with Crippen LogP contribution in [-0.2, 0) is 9.84 Å². The summed E-state index contributed by atoms with van der Waals surface area (Å²) in [6, 6.07) is 2.47. The summed E-state index contributed by atoms with van der Waals surface area (Å²) in [6.07, 6.45) is 1.03. The third-order valence-electron chi connectivity index (χ3n) is 3.20. The first kappa shape index (κ1) is 14.8. The molecule has 0 N–H and O–H groups in total. The third-order valence-corrected chi connectivity index (χ3v) is 5.24. The van der Waals surface area contributed by atoms with Crippen molar-refractivity contribution in [3.63, 3.8) is 0 Å². The molecule has 0 saturated carbocycles. The van der Waals surface area contributed by atoms with Crippen molar-refractivity contribution in [2.75, 3.05) is 6.26 Å². The fourth-order valence-electron chi connectivity index (χ4n) is 1.74. The van der Waals surface area contributed by atoms with E-state index in [9.17, 15) is 17.6 Å². The zero-order valence-electron chi connectivity index (χ0n) is 11.2. The molecule has 5 heteroatoms. The molecule has 0 aromatic heterocycles. The minimum absolute atomic E-state index is 0.284. The van der Waals surface area contributed by atoms with E-state index < -0.39 is 26.2 Å². The highest BCUT2D eigenvalue weighted by molar-refractivity contribution is 7.92. The van der Waals surface area contributed by atoms with Crippen LogP contribution in [0.4, 0.5) is 4.39 Å². The normalized spacial score (nSPS) is 12.6. The van der Waals surface area contributed by atoms with E-state index in [0.717, 1.165) is 6.26 Å². The second-order valence-corrected chi connectivity index (χ2v) is 7.59. The summed E-state index contributed by atoms with van der Waals surface area (Å²) in [5, 5.41) is 0. The average molecular weight is 272 g/mol. The van der Waals surface area contributed by atoms with Crippen LogP contribution in [0.15, 0.2) is 12.1 Å². The van der Waals surface area contributed by atoms with Crippen molar-refractivity contribution in [2.45, 2.75) is 32.4 Å². The van der Waals surface area contributed by atoms with Crippen LogP contribution in [0.1, 0.15) is 35.3 Å². The molecule has 0 spiro atoms. The lowest BCUT2D eigenvalue weighted by atomic mass is 9.92. The van der Waals surface area contributed by atoms with Crippen LogP contribution in [0.5, 0.6) is 0 Å². The van der Waals surface area contributed by atoms with Crippen LogP contribution >= 0.6 is 0 Å². The Kier molecular flexibility index (Phi) is 3.68. The summed E-state index contributed by atoms with van der Waals surface area (Å²) >= 11 is 0. The van der Waals surface area contributed by atoms with Crippen molar-refractivity contribution in [1.82, 2.24) is 0 Å². The lowest BCUT2D eigenvalue weighted by molar-refractivity contribution is 0.0953. The number of sulfone groups is 1. The number of carbonyl (C=O) groups excluding carboxylic acids is 1. The Balaban J connectivity index is 3.47. The number of ketones is 1. The zero-order valence-corrected chi connectivity index (χ0v) is 12.0. The smallest absolute Gasteiger partial charge is 0.183 e. The molecule has 0 aliphatic rings. The molecule has 1 rings (SSSR count). The van der Waals surface area contributed by atoms with Crippen LogP contribution in [0, 0.1) is 19.7 Å². The second kappa shape index (κ2) is 4.46. The number of aryl methyl sites for hydroxylation is 2. The molecule has 0 atom stereocenters. The Labute approximate surface area is 107 Å². The molecule has 0 aliphatic carbocycles. The van der Waals surface area contributed by atoms with Crippen molar-refractivity contribution in [3.8, 4) is 0 Å². The number of carbonyl (C=O) groups is 1. The van der Waals surface area contributed by atoms with Crippen LogP contribution < -0.4 is 0 Å². The molecule has 0 fully saturated rings. The van der Waals surface area contributed by atoms with Gasteiger partial charge in [0.25, 0.3) is 0 Å². The van der Waals surface area contributed by atoms with Gasteiger partial charge in [0.1, 0.15) is 10.6 Å². The van der Waals surface area contributed by atoms with Gasteiger partial charge in [-0.1, -0.05) is 0 Å². The minimum Gasteiger partial charge on any atom is -0.292 e. The molecule has 0 amide bonds. The number of hydrogen-bond donors (Lipinski definition) is 0. The van der Waals surface area contributed by atoms with Crippen LogP contribution in [0.3, 0.4) is 0 Å². The molecule has 0 bridgehead atoms. The standard InChI is InChI=1S/C13H17FO3S/c1-8-6-10(14)7-9(2)11(8)12(15)13(3,4)18(5,16)17/h6-7H,1-5H3. The first-order chi connectivity index (χ1) is 7.98. The van der Waals surface area contributed by atoms with Crippen molar-refractivity contribution >= 4 is 15.6 Å². The van der Waals surface area contributed by atoms with Crippen molar-refractivity contribution < 1.29 is 17.6 Å². The van der Waals surface area contributed by atoms with Gasteiger partial charge in [-0.3, -0.25) is 4.79 Å². The molecular formula is C13H17FO3S. The predicted octanol–water partition coefficient (Wildman–Crippen LogP) is 2.45.